The minimum atomic E-state index is -0.219. The van der Waals surface area contributed by atoms with Gasteiger partial charge in [0.1, 0.15) is 18.6 Å². The Morgan fingerprint density at radius 3 is 2.35 bits per heavy atom. The smallest absolute Gasteiger partial charge is 0.254 e. The first-order valence-corrected chi connectivity index (χ1v) is 14.4. The molecule has 0 N–H and O–H groups in total. The minimum Gasteiger partial charge on any atom is -0.482 e. The van der Waals surface area contributed by atoms with Gasteiger partial charge in [-0.25, -0.2) is 0 Å². The van der Waals surface area contributed by atoms with Gasteiger partial charge in [0, 0.05) is 59.4 Å². The maximum Gasteiger partial charge on any atom is 0.254 e. The average molecular weight is 553 g/mol. The van der Waals surface area contributed by atoms with E-state index in [4.69, 9.17) is 9.15 Å². The third-order valence-electron chi connectivity index (χ3n) is 7.43. The van der Waals surface area contributed by atoms with E-state index < -0.39 is 0 Å². The maximum atomic E-state index is 13.5. The number of carbonyl (C=O) groups excluding carboxylic acids is 2. The highest BCUT2D eigenvalue weighted by Crippen LogP contribution is 2.39. The van der Waals surface area contributed by atoms with Crippen LogP contribution in [0.2, 0.25) is 0 Å². The van der Waals surface area contributed by atoms with Gasteiger partial charge in [-0.2, -0.15) is 0 Å². The van der Waals surface area contributed by atoms with Crippen LogP contribution in [-0.4, -0.2) is 53.9 Å². The van der Waals surface area contributed by atoms with Crippen molar-refractivity contribution in [2.45, 2.75) is 18.0 Å². The third kappa shape index (κ3) is 5.08. The quantitative estimate of drug-likeness (QED) is 0.260. The van der Waals surface area contributed by atoms with Gasteiger partial charge >= 0.3 is 0 Å². The van der Waals surface area contributed by atoms with E-state index in [-0.39, 0.29) is 22.9 Å². The molecule has 3 aromatic carbocycles. The number of amides is 1. The molecule has 1 fully saturated rings. The van der Waals surface area contributed by atoms with Crippen LogP contribution >= 0.6 is 11.8 Å². The number of piperazine rings is 1. The molecule has 0 saturated carbocycles. The largest absolute Gasteiger partial charge is 0.482 e. The van der Waals surface area contributed by atoms with Crippen LogP contribution in [0.15, 0.2) is 93.2 Å². The fourth-order valence-corrected chi connectivity index (χ4v) is 5.67. The number of hydrogen-bond donors (Lipinski definition) is 0. The number of ketones is 1. The summed E-state index contributed by atoms with van der Waals surface area (Å²) in [6.07, 6.45) is 3.40. The third-order valence-corrected chi connectivity index (χ3v) is 8.17. The van der Waals surface area contributed by atoms with E-state index in [1.165, 1.54) is 17.2 Å². The number of fused-ring (bicyclic) bond motifs is 3. The first kappa shape index (κ1) is 26.1. The predicted molar refractivity (Wildman–Crippen MR) is 154 cm³/mol. The lowest BCUT2D eigenvalue weighted by Crippen LogP contribution is -2.48. The molecule has 0 bridgehead atoms. The SMILES string of the molecule is CSc1ccc(COc2coc(CN3CCN(C(=O)c4cccc5c4-c4ccccc4C5=O)CC3)cc2=O)cc1. The summed E-state index contributed by atoms with van der Waals surface area (Å²) in [6, 6.07) is 22.3. The monoisotopic (exact) mass is 552 g/mol. The van der Waals surface area contributed by atoms with Gasteiger partial charge in [0.2, 0.25) is 11.2 Å². The molecule has 7 nitrogen and oxygen atoms in total. The van der Waals surface area contributed by atoms with Crippen LogP contribution in [0, 0.1) is 0 Å². The normalized spacial score (nSPS) is 14.6. The Bertz CT molecular complexity index is 1640. The Morgan fingerprint density at radius 2 is 1.62 bits per heavy atom. The Balaban J connectivity index is 1.07. The predicted octanol–water partition coefficient (Wildman–Crippen LogP) is 5.11. The minimum absolute atomic E-state index is 0.0344. The van der Waals surface area contributed by atoms with Crippen LogP contribution in [0.3, 0.4) is 0 Å². The molecule has 4 aromatic rings. The molecular weight excluding hydrogens is 524 g/mol. The Labute approximate surface area is 236 Å². The maximum absolute atomic E-state index is 13.5. The zero-order chi connectivity index (χ0) is 27.6. The number of ether oxygens (including phenoxy) is 1. The molecular formula is C32H28N2O5S. The average Bonchev–Trinajstić information content (AvgIpc) is 3.29. The van der Waals surface area contributed by atoms with Gasteiger partial charge in [-0.3, -0.25) is 19.3 Å². The van der Waals surface area contributed by atoms with Crippen molar-refractivity contribution < 1.29 is 18.7 Å². The Hall–Kier alpha value is -4.14. The molecule has 0 radical (unpaired) electrons. The van der Waals surface area contributed by atoms with Crippen LogP contribution in [0.5, 0.6) is 5.75 Å². The van der Waals surface area contributed by atoms with Crippen LogP contribution in [0.4, 0.5) is 0 Å². The Kier molecular flexibility index (Phi) is 7.28. The number of carbonyl (C=O) groups is 2. The second kappa shape index (κ2) is 11.2. The molecule has 2 heterocycles. The molecule has 6 rings (SSSR count). The van der Waals surface area contributed by atoms with Crippen LogP contribution in [0.25, 0.3) is 11.1 Å². The number of hydrogen-bond acceptors (Lipinski definition) is 7. The molecule has 202 valence electrons. The molecule has 1 amide bonds. The van der Waals surface area contributed by atoms with Gasteiger partial charge < -0.3 is 14.1 Å². The van der Waals surface area contributed by atoms with Crippen molar-refractivity contribution in [1.82, 2.24) is 9.80 Å². The van der Waals surface area contributed by atoms with E-state index >= 15 is 0 Å². The molecule has 0 spiro atoms. The Morgan fingerprint density at radius 1 is 0.900 bits per heavy atom. The van der Waals surface area contributed by atoms with E-state index in [2.05, 4.69) is 4.90 Å². The van der Waals surface area contributed by atoms with Crippen molar-refractivity contribution in [2.75, 3.05) is 32.4 Å². The van der Waals surface area contributed by atoms with Crippen molar-refractivity contribution in [3.8, 4) is 16.9 Å². The highest BCUT2D eigenvalue weighted by molar-refractivity contribution is 7.98. The van der Waals surface area contributed by atoms with Crippen LogP contribution in [0.1, 0.15) is 37.6 Å². The summed E-state index contributed by atoms with van der Waals surface area (Å²) in [5.74, 6) is 0.630. The summed E-state index contributed by atoms with van der Waals surface area (Å²) >= 11 is 1.67. The highest BCUT2D eigenvalue weighted by atomic mass is 32.2. The lowest BCUT2D eigenvalue weighted by Gasteiger charge is -2.34. The zero-order valence-corrected chi connectivity index (χ0v) is 22.9. The highest BCUT2D eigenvalue weighted by Gasteiger charge is 2.32. The fraction of sp³-hybridized carbons (Fsp3) is 0.219. The topological polar surface area (TPSA) is 80.1 Å². The molecule has 8 heteroatoms. The molecule has 1 saturated heterocycles. The summed E-state index contributed by atoms with van der Waals surface area (Å²) < 4.78 is 11.4. The van der Waals surface area contributed by atoms with E-state index in [1.54, 1.807) is 30.0 Å². The first-order chi connectivity index (χ1) is 19.5. The van der Waals surface area contributed by atoms with E-state index in [0.29, 0.717) is 61.8 Å². The summed E-state index contributed by atoms with van der Waals surface area (Å²) in [4.78, 5) is 44.2. The molecule has 1 aliphatic heterocycles. The second-order valence-electron chi connectivity index (χ2n) is 9.88. The molecule has 0 atom stereocenters. The molecule has 1 aromatic heterocycles. The number of nitrogens with zero attached hydrogens (tertiary/aromatic N) is 2. The summed E-state index contributed by atoms with van der Waals surface area (Å²) in [6.45, 7) is 3.13. The summed E-state index contributed by atoms with van der Waals surface area (Å²) in [5.41, 5.74) is 4.10. The van der Waals surface area contributed by atoms with Crippen molar-refractivity contribution >= 4 is 23.5 Å². The van der Waals surface area contributed by atoms with Gasteiger partial charge in [0.15, 0.2) is 5.78 Å². The first-order valence-electron chi connectivity index (χ1n) is 13.2. The standard InChI is InChI=1S/C32H28N2O5S/c1-40-23-11-9-21(10-12-23)19-39-29-20-38-22(17-28(29)35)18-33-13-15-34(16-14-33)32(37)27-8-4-7-26-30(27)24-5-2-3-6-25(24)31(26)36/h2-12,17,20H,13-16,18-19H2,1H3. The van der Waals surface area contributed by atoms with Crippen LogP contribution < -0.4 is 10.2 Å². The molecule has 0 unspecified atom stereocenters. The van der Waals surface area contributed by atoms with E-state index in [0.717, 1.165) is 16.7 Å². The summed E-state index contributed by atoms with van der Waals surface area (Å²) in [7, 11) is 0. The van der Waals surface area contributed by atoms with Gasteiger partial charge in [0.05, 0.1) is 6.54 Å². The molecule has 40 heavy (non-hydrogen) atoms. The van der Waals surface area contributed by atoms with Crippen LogP contribution in [-0.2, 0) is 13.2 Å². The molecule has 2 aliphatic rings. The molecule has 1 aliphatic carbocycles. The van der Waals surface area contributed by atoms with Crippen molar-refractivity contribution in [3.63, 3.8) is 0 Å². The van der Waals surface area contributed by atoms with Gasteiger partial charge in [-0.05, 0) is 35.6 Å². The van der Waals surface area contributed by atoms with Crippen molar-refractivity contribution in [1.29, 1.82) is 0 Å². The van der Waals surface area contributed by atoms with E-state index in [9.17, 15) is 14.4 Å². The zero-order valence-electron chi connectivity index (χ0n) is 22.1. The van der Waals surface area contributed by atoms with Crippen molar-refractivity contribution in [2.24, 2.45) is 0 Å². The van der Waals surface area contributed by atoms with E-state index in [1.807, 2.05) is 59.7 Å². The second-order valence-corrected chi connectivity index (χ2v) is 10.8. The fourth-order valence-electron chi connectivity index (χ4n) is 5.26. The van der Waals surface area contributed by atoms with Crippen molar-refractivity contribution in [3.05, 3.63) is 117 Å². The number of rotatable bonds is 7. The van der Waals surface area contributed by atoms with Gasteiger partial charge in [-0.1, -0.05) is 48.5 Å². The number of benzene rings is 3. The lowest BCUT2D eigenvalue weighted by molar-refractivity contribution is 0.0620. The lowest BCUT2D eigenvalue weighted by atomic mass is 9.98. The number of thioether (sulfide) groups is 1. The summed E-state index contributed by atoms with van der Waals surface area (Å²) in [5, 5.41) is 0. The van der Waals surface area contributed by atoms with Gasteiger partial charge in [-0.15, -0.1) is 11.8 Å². The van der Waals surface area contributed by atoms with Gasteiger partial charge in [0.25, 0.3) is 5.91 Å².